The predicted octanol–water partition coefficient (Wildman–Crippen LogP) is 4.80. The van der Waals surface area contributed by atoms with E-state index in [9.17, 15) is 4.79 Å². The first-order valence-corrected chi connectivity index (χ1v) is 9.19. The average molecular weight is 374 g/mol. The summed E-state index contributed by atoms with van der Waals surface area (Å²) in [6.45, 7) is 0.999. The van der Waals surface area contributed by atoms with Gasteiger partial charge in [-0.15, -0.1) is 0 Å². The van der Waals surface area contributed by atoms with Crippen LogP contribution in [-0.2, 0) is 13.1 Å². The number of aliphatic imine (C=N–C) groups is 1. The fourth-order valence-corrected chi connectivity index (χ4v) is 3.82. The van der Waals surface area contributed by atoms with Crippen molar-refractivity contribution in [2.75, 3.05) is 0 Å². The summed E-state index contributed by atoms with van der Waals surface area (Å²) in [6.07, 6.45) is 0. The van der Waals surface area contributed by atoms with Gasteiger partial charge >= 0.3 is 0 Å². The standard InChI is InChI=1S/C22H16ClN3O/c23-19-11-5-2-8-16(19)14-26-22(27)18-10-4-6-12-20(18)24-21-17-9-3-1-7-15(17)13-25(21)26/h1-12H,13-14H2. The Kier molecular flexibility index (Phi) is 3.73. The number of halogens is 1. The lowest BCUT2D eigenvalue weighted by Crippen LogP contribution is -2.45. The van der Waals surface area contributed by atoms with Crippen molar-refractivity contribution in [3.63, 3.8) is 0 Å². The highest BCUT2D eigenvalue weighted by Crippen LogP contribution is 2.34. The first-order chi connectivity index (χ1) is 13.2. The molecule has 0 aliphatic carbocycles. The van der Waals surface area contributed by atoms with Crippen LogP contribution < -0.4 is 0 Å². The molecule has 0 fully saturated rings. The van der Waals surface area contributed by atoms with Crippen LogP contribution in [0.2, 0.25) is 5.02 Å². The average Bonchev–Trinajstić information content (AvgIpc) is 3.00. The van der Waals surface area contributed by atoms with E-state index in [2.05, 4.69) is 12.1 Å². The Labute approximate surface area is 162 Å². The van der Waals surface area contributed by atoms with Gasteiger partial charge in [0.25, 0.3) is 5.91 Å². The first kappa shape index (κ1) is 16.1. The van der Waals surface area contributed by atoms with Gasteiger partial charge in [0, 0.05) is 10.6 Å². The quantitative estimate of drug-likeness (QED) is 0.646. The number of amidine groups is 1. The maximum atomic E-state index is 13.4. The second-order valence-electron chi connectivity index (χ2n) is 6.62. The second kappa shape index (κ2) is 6.25. The van der Waals surface area contributed by atoms with Gasteiger partial charge in [0.15, 0.2) is 5.84 Å². The number of hydrogen-bond donors (Lipinski definition) is 0. The second-order valence-corrected chi connectivity index (χ2v) is 7.03. The number of carbonyl (C=O) groups excluding carboxylic acids is 1. The number of hydrogen-bond acceptors (Lipinski definition) is 3. The zero-order valence-corrected chi connectivity index (χ0v) is 15.2. The Morgan fingerprint density at radius 3 is 2.44 bits per heavy atom. The summed E-state index contributed by atoms with van der Waals surface area (Å²) >= 11 is 6.38. The summed E-state index contributed by atoms with van der Waals surface area (Å²) in [5.74, 6) is 0.730. The molecule has 0 radical (unpaired) electrons. The minimum absolute atomic E-state index is 0.0722. The van der Waals surface area contributed by atoms with E-state index in [1.54, 1.807) is 5.01 Å². The number of nitrogens with zero attached hydrogens (tertiary/aromatic N) is 3. The molecular weight excluding hydrogens is 358 g/mol. The minimum atomic E-state index is -0.0722. The van der Waals surface area contributed by atoms with Gasteiger partial charge in [0.2, 0.25) is 0 Å². The van der Waals surface area contributed by atoms with Crippen molar-refractivity contribution < 1.29 is 4.79 Å². The van der Waals surface area contributed by atoms with E-state index < -0.39 is 0 Å². The van der Waals surface area contributed by atoms with Crippen molar-refractivity contribution in [1.82, 2.24) is 10.0 Å². The molecule has 5 heteroatoms. The van der Waals surface area contributed by atoms with Crippen LogP contribution >= 0.6 is 11.6 Å². The number of carbonyl (C=O) groups is 1. The molecule has 3 aromatic carbocycles. The molecule has 27 heavy (non-hydrogen) atoms. The van der Waals surface area contributed by atoms with Gasteiger partial charge in [0.1, 0.15) is 0 Å². The lowest BCUT2D eigenvalue weighted by molar-refractivity contribution is 0.0250. The number of fused-ring (bicyclic) bond motifs is 4. The van der Waals surface area contributed by atoms with Gasteiger partial charge < -0.3 is 0 Å². The molecule has 0 N–H and O–H groups in total. The van der Waals surface area contributed by atoms with Gasteiger partial charge in [-0.05, 0) is 29.3 Å². The molecule has 132 valence electrons. The molecule has 2 aliphatic rings. The molecule has 0 saturated carbocycles. The van der Waals surface area contributed by atoms with E-state index in [0.29, 0.717) is 29.4 Å². The number of para-hydroxylation sites is 1. The van der Waals surface area contributed by atoms with Crippen LogP contribution in [0.4, 0.5) is 5.69 Å². The first-order valence-electron chi connectivity index (χ1n) is 8.81. The molecule has 3 aromatic rings. The summed E-state index contributed by atoms with van der Waals surface area (Å²) in [7, 11) is 0. The van der Waals surface area contributed by atoms with E-state index in [1.807, 2.05) is 65.7 Å². The van der Waals surface area contributed by atoms with Crippen molar-refractivity contribution in [2.24, 2.45) is 4.99 Å². The van der Waals surface area contributed by atoms with E-state index >= 15 is 0 Å². The monoisotopic (exact) mass is 373 g/mol. The molecule has 0 bridgehead atoms. The van der Waals surface area contributed by atoms with Crippen LogP contribution in [0.3, 0.4) is 0 Å². The highest BCUT2D eigenvalue weighted by molar-refractivity contribution is 6.31. The SMILES string of the molecule is O=C1c2ccccc2N=C2c3ccccc3CN2N1Cc1ccccc1Cl. The summed E-state index contributed by atoms with van der Waals surface area (Å²) in [4.78, 5) is 18.3. The Morgan fingerprint density at radius 1 is 0.889 bits per heavy atom. The fraction of sp³-hybridized carbons (Fsp3) is 0.0909. The Bertz CT molecular complexity index is 1090. The summed E-state index contributed by atoms with van der Waals surface area (Å²) in [5, 5.41) is 4.38. The largest absolute Gasteiger partial charge is 0.274 e. The Hall–Kier alpha value is -3.11. The van der Waals surface area contributed by atoms with Crippen molar-refractivity contribution in [1.29, 1.82) is 0 Å². The van der Waals surface area contributed by atoms with Crippen molar-refractivity contribution in [3.05, 3.63) is 100 Å². The van der Waals surface area contributed by atoms with Gasteiger partial charge in [-0.25, -0.2) is 10.0 Å². The van der Waals surface area contributed by atoms with Crippen LogP contribution in [0.25, 0.3) is 0 Å². The highest BCUT2D eigenvalue weighted by atomic mass is 35.5. The summed E-state index contributed by atoms with van der Waals surface area (Å²) in [5.41, 5.74) is 4.42. The lowest BCUT2D eigenvalue weighted by Gasteiger charge is -2.32. The van der Waals surface area contributed by atoms with E-state index in [4.69, 9.17) is 16.6 Å². The summed E-state index contributed by atoms with van der Waals surface area (Å²) in [6, 6.07) is 23.3. The van der Waals surface area contributed by atoms with Crippen LogP contribution in [0, 0.1) is 0 Å². The minimum Gasteiger partial charge on any atom is -0.267 e. The third-order valence-electron chi connectivity index (χ3n) is 4.99. The lowest BCUT2D eigenvalue weighted by atomic mass is 10.1. The van der Waals surface area contributed by atoms with Crippen molar-refractivity contribution >= 4 is 29.0 Å². The third kappa shape index (κ3) is 2.61. The number of amides is 1. The molecule has 1 amide bonds. The Morgan fingerprint density at radius 2 is 1.59 bits per heavy atom. The number of hydrazine groups is 1. The molecule has 2 aliphatic heterocycles. The van der Waals surface area contributed by atoms with Crippen LogP contribution in [0.1, 0.15) is 27.0 Å². The molecule has 2 heterocycles. The smallest absolute Gasteiger partial charge is 0.267 e. The molecule has 5 rings (SSSR count). The van der Waals surface area contributed by atoms with Crippen molar-refractivity contribution in [3.8, 4) is 0 Å². The van der Waals surface area contributed by atoms with E-state index in [-0.39, 0.29) is 5.91 Å². The molecule has 0 saturated heterocycles. The maximum Gasteiger partial charge on any atom is 0.274 e. The molecule has 4 nitrogen and oxygen atoms in total. The number of benzene rings is 3. The third-order valence-corrected chi connectivity index (χ3v) is 5.36. The van der Waals surface area contributed by atoms with Gasteiger partial charge in [-0.1, -0.05) is 66.2 Å². The zero-order chi connectivity index (χ0) is 18.4. The normalized spacial score (nSPS) is 15.0. The van der Waals surface area contributed by atoms with Gasteiger partial charge in [0.05, 0.1) is 24.3 Å². The highest BCUT2D eigenvalue weighted by Gasteiger charge is 2.36. The maximum absolute atomic E-state index is 13.4. The fourth-order valence-electron chi connectivity index (χ4n) is 3.63. The van der Waals surface area contributed by atoms with Gasteiger partial charge in [-0.2, -0.15) is 0 Å². The topological polar surface area (TPSA) is 35.9 Å². The van der Waals surface area contributed by atoms with Crippen LogP contribution in [0.15, 0.2) is 77.8 Å². The Balaban J connectivity index is 1.67. The zero-order valence-electron chi connectivity index (χ0n) is 14.5. The van der Waals surface area contributed by atoms with Crippen LogP contribution in [0.5, 0.6) is 0 Å². The van der Waals surface area contributed by atoms with Crippen LogP contribution in [-0.4, -0.2) is 21.8 Å². The van der Waals surface area contributed by atoms with Gasteiger partial charge in [-0.3, -0.25) is 9.80 Å². The molecular formula is C22H16ClN3O. The predicted molar refractivity (Wildman–Crippen MR) is 106 cm³/mol. The molecule has 0 unspecified atom stereocenters. The molecule has 0 atom stereocenters. The van der Waals surface area contributed by atoms with E-state index in [0.717, 1.165) is 22.5 Å². The van der Waals surface area contributed by atoms with Crippen molar-refractivity contribution in [2.45, 2.75) is 13.1 Å². The van der Waals surface area contributed by atoms with E-state index in [1.165, 1.54) is 0 Å². The molecule has 0 spiro atoms. The summed E-state index contributed by atoms with van der Waals surface area (Å²) < 4.78 is 0. The molecule has 0 aromatic heterocycles. The number of rotatable bonds is 2.